The van der Waals surface area contributed by atoms with Crippen LogP contribution >= 0.6 is 12.2 Å². The van der Waals surface area contributed by atoms with Crippen molar-refractivity contribution in [2.75, 3.05) is 5.73 Å². The van der Waals surface area contributed by atoms with Gasteiger partial charge in [-0.15, -0.1) is 0 Å². The second-order valence-electron chi connectivity index (χ2n) is 3.67. The third-order valence-corrected chi connectivity index (χ3v) is 3.11. The molecule has 1 nitrogen and oxygen atoms in total. The monoisotopic (exact) mass is 211 g/mol. The van der Waals surface area contributed by atoms with Crippen LogP contribution in [0.15, 0.2) is 36.4 Å². The molecular formula is C13H9NS. The standard InChI is InChI=1S/C13H9NS/c14-10-6-4-8-2-1-3-9-5-7-11(15)13(10)12(8)9/h1-7H,14H2. The van der Waals surface area contributed by atoms with Gasteiger partial charge in [-0.25, -0.2) is 0 Å². The molecule has 0 aliphatic heterocycles. The molecule has 0 radical (unpaired) electrons. The minimum Gasteiger partial charge on any atom is -0.398 e. The minimum absolute atomic E-state index is 0.768. The molecule has 0 heterocycles. The van der Waals surface area contributed by atoms with Crippen molar-refractivity contribution in [3.05, 3.63) is 47.5 Å². The van der Waals surface area contributed by atoms with Gasteiger partial charge in [-0.3, -0.25) is 0 Å². The van der Waals surface area contributed by atoms with Gasteiger partial charge < -0.3 is 5.73 Å². The van der Waals surface area contributed by atoms with Crippen molar-refractivity contribution in [3.8, 4) is 0 Å². The van der Waals surface area contributed by atoms with E-state index in [1.807, 2.05) is 18.2 Å². The molecule has 0 saturated heterocycles. The van der Waals surface area contributed by atoms with E-state index < -0.39 is 0 Å². The second kappa shape index (κ2) is 2.91. The first-order chi connectivity index (χ1) is 7.27. The second-order valence-corrected chi connectivity index (χ2v) is 4.11. The van der Waals surface area contributed by atoms with Gasteiger partial charge in [-0.05, 0) is 28.5 Å². The Bertz CT molecular complexity index is 611. The molecule has 0 saturated carbocycles. The van der Waals surface area contributed by atoms with Crippen LogP contribution in [-0.2, 0) is 0 Å². The molecule has 2 aromatic carbocycles. The Morgan fingerprint density at radius 2 is 1.87 bits per heavy atom. The summed E-state index contributed by atoms with van der Waals surface area (Å²) in [7, 11) is 0. The highest BCUT2D eigenvalue weighted by molar-refractivity contribution is 7.81. The predicted molar refractivity (Wildman–Crippen MR) is 69.1 cm³/mol. The number of thiocarbonyl (C=S) groups is 1. The smallest absolute Gasteiger partial charge is 0.0476 e. The van der Waals surface area contributed by atoms with Crippen molar-refractivity contribution < 1.29 is 0 Å². The highest BCUT2D eigenvalue weighted by Crippen LogP contribution is 2.32. The van der Waals surface area contributed by atoms with E-state index in [4.69, 9.17) is 18.0 Å². The van der Waals surface area contributed by atoms with Crippen molar-refractivity contribution in [1.29, 1.82) is 0 Å². The van der Waals surface area contributed by atoms with E-state index in [0.29, 0.717) is 0 Å². The summed E-state index contributed by atoms with van der Waals surface area (Å²) in [6.07, 6.45) is 4.00. The van der Waals surface area contributed by atoms with E-state index in [9.17, 15) is 0 Å². The lowest BCUT2D eigenvalue weighted by Crippen LogP contribution is -2.04. The van der Waals surface area contributed by atoms with E-state index in [0.717, 1.165) is 16.1 Å². The van der Waals surface area contributed by atoms with Crippen LogP contribution in [-0.4, -0.2) is 4.86 Å². The normalized spacial score (nSPS) is 13.5. The van der Waals surface area contributed by atoms with Crippen LogP contribution in [0.4, 0.5) is 5.69 Å². The zero-order chi connectivity index (χ0) is 10.4. The lowest BCUT2D eigenvalue weighted by Gasteiger charge is -2.15. The third-order valence-electron chi connectivity index (χ3n) is 2.77. The van der Waals surface area contributed by atoms with Crippen molar-refractivity contribution in [2.24, 2.45) is 0 Å². The number of nitrogens with two attached hydrogens (primary N) is 1. The van der Waals surface area contributed by atoms with Crippen LogP contribution in [0, 0.1) is 0 Å². The van der Waals surface area contributed by atoms with Crippen LogP contribution in [0.25, 0.3) is 16.8 Å². The maximum Gasteiger partial charge on any atom is 0.0476 e. The number of hydrogen-bond acceptors (Lipinski definition) is 2. The molecule has 0 aromatic heterocycles. The van der Waals surface area contributed by atoms with Crippen molar-refractivity contribution in [3.63, 3.8) is 0 Å². The van der Waals surface area contributed by atoms with Crippen LogP contribution < -0.4 is 5.73 Å². The molecule has 72 valence electrons. The molecule has 15 heavy (non-hydrogen) atoms. The van der Waals surface area contributed by atoms with Gasteiger partial charge in [0, 0.05) is 16.1 Å². The van der Waals surface area contributed by atoms with Gasteiger partial charge in [0.05, 0.1) is 0 Å². The van der Waals surface area contributed by atoms with Crippen LogP contribution in [0.5, 0.6) is 0 Å². The van der Waals surface area contributed by atoms with E-state index in [2.05, 4.69) is 24.3 Å². The predicted octanol–water partition coefficient (Wildman–Crippen LogP) is 3.17. The van der Waals surface area contributed by atoms with Crippen LogP contribution in [0.1, 0.15) is 11.1 Å². The summed E-state index contributed by atoms with van der Waals surface area (Å²) in [5.41, 5.74) is 8.95. The third kappa shape index (κ3) is 1.12. The Kier molecular flexibility index (Phi) is 1.67. The SMILES string of the molecule is Nc1ccc2cccc3c2c1C(=S)C=C3. The summed E-state index contributed by atoms with van der Waals surface area (Å²) in [5, 5.41) is 2.38. The molecular weight excluding hydrogens is 202 g/mol. The number of hydrogen-bond donors (Lipinski definition) is 1. The molecule has 2 N–H and O–H groups in total. The van der Waals surface area contributed by atoms with Gasteiger partial charge in [-0.1, -0.05) is 42.6 Å². The Labute approximate surface area is 93.2 Å². The summed E-state index contributed by atoms with van der Waals surface area (Å²) in [6, 6.07) is 10.2. The molecule has 0 spiro atoms. The topological polar surface area (TPSA) is 26.0 Å². The molecule has 3 rings (SSSR count). The molecule has 0 unspecified atom stereocenters. The number of benzene rings is 2. The number of allylic oxidation sites excluding steroid dienone is 1. The summed E-state index contributed by atoms with van der Waals surface area (Å²) >= 11 is 5.31. The Morgan fingerprint density at radius 3 is 2.73 bits per heavy atom. The van der Waals surface area contributed by atoms with Crippen molar-refractivity contribution in [1.82, 2.24) is 0 Å². The molecule has 2 heteroatoms. The van der Waals surface area contributed by atoms with E-state index in [-0.39, 0.29) is 0 Å². The zero-order valence-electron chi connectivity index (χ0n) is 8.03. The number of nitrogen functional groups attached to an aromatic ring is 1. The molecule has 0 fully saturated rings. The lowest BCUT2D eigenvalue weighted by atomic mass is 9.92. The van der Waals surface area contributed by atoms with E-state index in [1.165, 1.54) is 16.3 Å². The lowest BCUT2D eigenvalue weighted by molar-refractivity contribution is 1.66. The first-order valence-corrected chi connectivity index (χ1v) is 5.22. The fourth-order valence-corrected chi connectivity index (χ4v) is 2.36. The first-order valence-electron chi connectivity index (χ1n) is 4.81. The van der Waals surface area contributed by atoms with Gasteiger partial charge in [-0.2, -0.15) is 0 Å². The van der Waals surface area contributed by atoms with Gasteiger partial charge >= 0.3 is 0 Å². The minimum atomic E-state index is 0.768. The van der Waals surface area contributed by atoms with E-state index in [1.54, 1.807) is 0 Å². The molecule has 0 amide bonds. The van der Waals surface area contributed by atoms with E-state index >= 15 is 0 Å². The van der Waals surface area contributed by atoms with Crippen LogP contribution in [0.2, 0.25) is 0 Å². The fourth-order valence-electron chi connectivity index (χ4n) is 2.08. The average molecular weight is 211 g/mol. The summed E-state index contributed by atoms with van der Waals surface area (Å²) in [5.74, 6) is 0. The zero-order valence-corrected chi connectivity index (χ0v) is 8.84. The highest BCUT2D eigenvalue weighted by Gasteiger charge is 2.14. The number of rotatable bonds is 0. The Morgan fingerprint density at radius 1 is 1.00 bits per heavy atom. The molecule has 0 atom stereocenters. The Balaban J connectivity index is 2.60. The molecule has 2 aromatic rings. The average Bonchev–Trinajstić information content (AvgIpc) is 2.25. The Hall–Kier alpha value is -1.67. The quantitative estimate of drug-likeness (QED) is 0.535. The summed E-state index contributed by atoms with van der Waals surface area (Å²) in [6.45, 7) is 0. The molecule has 1 aliphatic rings. The number of anilines is 1. The maximum atomic E-state index is 5.97. The largest absolute Gasteiger partial charge is 0.398 e. The highest BCUT2D eigenvalue weighted by atomic mass is 32.1. The molecule has 1 aliphatic carbocycles. The van der Waals surface area contributed by atoms with Gasteiger partial charge in [0.15, 0.2) is 0 Å². The first kappa shape index (κ1) is 8.62. The summed E-state index contributed by atoms with van der Waals surface area (Å²) < 4.78 is 0. The maximum absolute atomic E-state index is 5.97. The van der Waals surface area contributed by atoms with Gasteiger partial charge in [0.25, 0.3) is 0 Å². The van der Waals surface area contributed by atoms with Crippen molar-refractivity contribution in [2.45, 2.75) is 0 Å². The van der Waals surface area contributed by atoms with Crippen molar-refractivity contribution >= 4 is 39.6 Å². The summed E-state index contributed by atoms with van der Waals surface area (Å²) in [4.78, 5) is 0.830. The van der Waals surface area contributed by atoms with Crippen LogP contribution in [0.3, 0.4) is 0 Å². The fraction of sp³-hybridized carbons (Fsp3) is 0. The molecule has 0 bridgehead atoms. The van der Waals surface area contributed by atoms with Gasteiger partial charge in [0.1, 0.15) is 0 Å². The van der Waals surface area contributed by atoms with Gasteiger partial charge in [0.2, 0.25) is 0 Å².